The molecule has 96 valence electrons. The van der Waals surface area contributed by atoms with Gasteiger partial charge in [-0.1, -0.05) is 6.92 Å². The van der Waals surface area contributed by atoms with Crippen molar-refractivity contribution in [3.8, 4) is 11.5 Å². The van der Waals surface area contributed by atoms with Crippen molar-refractivity contribution in [3.63, 3.8) is 0 Å². The van der Waals surface area contributed by atoms with Crippen molar-refractivity contribution in [3.05, 3.63) is 23.8 Å². The molecule has 0 fully saturated rings. The van der Waals surface area contributed by atoms with Gasteiger partial charge in [-0.05, 0) is 18.2 Å². The van der Waals surface area contributed by atoms with Crippen LogP contribution in [0.25, 0.3) is 0 Å². The van der Waals surface area contributed by atoms with Gasteiger partial charge in [0.15, 0.2) is 0 Å². The lowest BCUT2D eigenvalue weighted by molar-refractivity contribution is 0.402. The van der Waals surface area contributed by atoms with E-state index in [1.807, 2.05) is 25.1 Å². The number of benzene rings is 1. The minimum Gasteiger partial charge on any atom is -0.497 e. The van der Waals surface area contributed by atoms with E-state index in [1.165, 1.54) is 0 Å². The molecule has 18 heavy (non-hydrogen) atoms. The molecule has 0 amide bonds. The van der Waals surface area contributed by atoms with Gasteiger partial charge < -0.3 is 15.2 Å². The average molecular weight is 247 g/mol. The van der Waals surface area contributed by atoms with E-state index in [-0.39, 0.29) is 5.92 Å². The molecule has 1 atom stereocenters. The van der Waals surface area contributed by atoms with E-state index in [0.717, 1.165) is 29.2 Å². The van der Waals surface area contributed by atoms with Crippen molar-refractivity contribution in [2.24, 2.45) is 21.9 Å². The first-order valence-corrected chi connectivity index (χ1v) is 5.78. The second-order valence-corrected chi connectivity index (χ2v) is 4.24. The first kappa shape index (κ1) is 12.4. The monoisotopic (exact) mass is 247 g/mol. The van der Waals surface area contributed by atoms with Crippen LogP contribution in [0.15, 0.2) is 28.4 Å². The maximum atomic E-state index is 5.73. The van der Waals surface area contributed by atoms with Crippen molar-refractivity contribution in [2.45, 2.75) is 13.3 Å². The molecular formula is C13H17N3O2. The van der Waals surface area contributed by atoms with E-state index < -0.39 is 0 Å². The van der Waals surface area contributed by atoms with Crippen LogP contribution in [0, 0.1) is 5.92 Å². The fourth-order valence-electron chi connectivity index (χ4n) is 1.86. The van der Waals surface area contributed by atoms with E-state index in [2.05, 4.69) is 10.2 Å². The summed E-state index contributed by atoms with van der Waals surface area (Å²) in [6.45, 7) is 2.03. The first-order chi connectivity index (χ1) is 8.65. The van der Waals surface area contributed by atoms with Crippen molar-refractivity contribution >= 4 is 11.5 Å². The van der Waals surface area contributed by atoms with Crippen molar-refractivity contribution in [1.29, 1.82) is 0 Å². The summed E-state index contributed by atoms with van der Waals surface area (Å²) in [5.74, 6) is 2.29. The lowest BCUT2D eigenvalue weighted by Crippen LogP contribution is -2.27. The number of hydrogen-bond donors (Lipinski definition) is 1. The summed E-state index contributed by atoms with van der Waals surface area (Å²) >= 11 is 0. The normalized spacial score (nSPS) is 18.9. The third-order valence-electron chi connectivity index (χ3n) is 3.01. The molecule has 1 aliphatic rings. The maximum Gasteiger partial charge on any atom is 0.128 e. The highest BCUT2D eigenvalue weighted by Crippen LogP contribution is 2.28. The minimum absolute atomic E-state index is 0.188. The SMILES string of the molecule is COc1ccc(OC)c(C2=NN=C(N)C(C)C2)c1. The molecule has 1 unspecified atom stereocenters. The average Bonchev–Trinajstić information content (AvgIpc) is 2.41. The van der Waals surface area contributed by atoms with E-state index >= 15 is 0 Å². The van der Waals surface area contributed by atoms with Crippen LogP contribution in [0.1, 0.15) is 18.9 Å². The molecule has 1 aromatic carbocycles. The van der Waals surface area contributed by atoms with E-state index in [4.69, 9.17) is 15.2 Å². The van der Waals surface area contributed by atoms with Crippen LogP contribution in [0.3, 0.4) is 0 Å². The van der Waals surface area contributed by atoms with Gasteiger partial charge in [-0.25, -0.2) is 0 Å². The summed E-state index contributed by atoms with van der Waals surface area (Å²) in [6.07, 6.45) is 0.749. The predicted octanol–water partition coefficient (Wildman–Crippen LogP) is 1.80. The lowest BCUT2D eigenvalue weighted by atomic mass is 9.96. The van der Waals surface area contributed by atoms with Gasteiger partial charge in [-0.15, -0.1) is 5.10 Å². The zero-order valence-electron chi connectivity index (χ0n) is 10.8. The molecule has 2 rings (SSSR count). The summed E-state index contributed by atoms with van der Waals surface area (Å²) in [5, 5.41) is 8.14. The summed E-state index contributed by atoms with van der Waals surface area (Å²) in [6, 6.07) is 5.62. The molecule has 5 heteroatoms. The Morgan fingerprint density at radius 3 is 2.61 bits per heavy atom. The quantitative estimate of drug-likeness (QED) is 0.885. The van der Waals surface area contributed by atoms with Crippen LogP contribution < -0.4 is 15.2 Å². The topological polar surface area (TPSA) is 69.2 Å². The number of methoxy groups -OCH3 is 2. The number of amidine groups is 1. The number of nitrogens with two attached hydrogens (primary N) is 1. The Labute approximate surface area is 106 Å². The standard InChI is InChI=1S/C13H17N3O2/c1-8-6-11(15-16-13(8)14)10-7-9(17-2)4-5-12(10)18-3/h4-5,7-8H,6H2,1-3H3,(H2,14,16). The lowest BCUT2D eigenvalue weighted by Gasteiger charge is -2.18. The van der Waals surface area contributed by atoms with Gasteiger partial charge >= 0.3 is 0 Å². The fraction of sp³-hybridized carbons (Fsp3) is 0.385. The van der Waals surface area contributed by atoms with Crippen molar-refractivity contribution < 1.29 is 9.47 Å². The van der Waals surface area contributed by atoms with E-state index in [9.17, 15) is 0 Å². The molecule has 0 saturated heterocycles. The molecule has 2 N–H and O–H groups in total. The highest BCUT2D eigenvalue weighted by molar-refractivity contribution is 6.06. The number of hydrogen-bond acceptors (Lipinski definition) is 5. The summed E-state index contributed by atoms with van der Waals surface area (Å²) in [5.41, 5.74) is 7.50. The van der Waals surface area contributed by atoms with Crippen LogP contribution in [-0.2, 0) is 0 Å². The Balaban J connectivity index is 2.44. The van der Waals surface area contributed by atoms with Crippen LogP contribution in [0.4, 0.5) is 0 Å². The third-order valence-corrected chi connectivity index (χ3v) is 3.01. The molecule has 0 bridgehead atoms. The highest BCUT2D eigenvalue weighted by atomic mass is 16.5. The molecule has 0 radical (unpaired) electrons. The summed E-state index contributed by atoms with van der Waals surface area (Å²) in [7, 11) is 3.27. The zero-order valence-corrected chi connectivity index (χ0v) is 10.8. The molecule has 1 heterocycles. The molecule has 0 saturated carbocycles. The largest absolute Gasteiger partial charge is 0.497 e. The van der Waals surface area contributed by atoms with Gasteiger partial charge in [-0.3, -0.25) is 0 Å². The van der Waals surface area contributed by atoms with Crippen LogP contribution in [0.2, 0.25) is 0 Å². The van der Waals surface area contributed by atoms with Crippen LogP contribution in [-0.4, -0.2) is 25.8 Å². The minimum atomic E-state index is 0.188. The second-order valence-electron chi connectivity index (χ2n) is 4.24. The molecular weight excluding hydrogens is 230 g/mol. The summed E-state index contributed by atoms with van der Waals surface area (Å²) < 4.78 is 10.6. The number of ether oxygens (including phenoxy) is 2. The molecule has 0 aromatic heterocycles. The molecule has 0 spiro atoms. The first-order valence-electron chi connectivity index (χ1n) is 5.78. The Morgan fingerprint density at radius 1 is 1.22 bits per heavy atom. The highest BCUT2D eigenvalue weighted by Gasteiger charge is 2.20. The molecule has 0 aliphatic carbocycles. The maximum absolute atomic E-state index is 5.73. The summed E-state index contributed by atoms with van der Waals surface area (Å²) in [4.78, 5) is 0. The fourth-order valence-corrected chi connectivity index (χ4v) is 1.86. The van der Waals surface area contributed by atoms with Gasteiger partial charge in [0.25, 0.3) is 0 Å². The van der Waals surface area contributed by atoms with Gasteiger partial charge in [0.1, 0.15) is 17.3 Å². The van der Waals surface area contributed by atoms with Gasteiger partial charge in [0.05, 0.1) is 19.9 Å². The van der Waals surface area contributed by atoms with Crippen LogP contribution >= 0.6 is 0 Å². The second kappa shape index (κ2) is 5.08. The van der Waals surface area contributed by atoms with Crippen molar-refractivity contribution in [2.75, 3.05) is 14.2 Å². The Kier molecular flexibility index (Phi) is 3.50. The van der Waals surface area contributed by atoms with Gasteiger partial charge in [0, 0.05) is 17.9 Å². The number of nitrogens with zero attached hydrogens (tertiary/aromatic N) is 2. The van der Waals surface area contributed by atoms with Crippen LogP contribution in [0.5, 0.6) is 11.5 Å². The Bertz CT molecular complexity index is 509. The number of rotatable bonds is 3. The third kappa shape index (κ3) is 2.30. The predicted molar refractivity (Wildman–Crippen MR) is 71.5 cm³/mol. The molecule has 5 nitrogen and oxygen atoms in total. The smallest absolute Gasteiger partial charge is 0.128 e. The molecule has 1 aliphatic heterocycles. The molecule has 1 aromatic rings. The van der Waals surface area contributed by atoms with Gasteiger partial charge in [-0.2, -0.15) is 5.10 Å². The van der Waals surface area contributed by atoms with E-state index in [0.29, 0.717) is 5.84 Å². The zero-order chi connectivity index (χ0) is 13.1. The van der Waals surface area contributed by atoms with Crippen molar-refractivity contribution in [1.82, 2.24) is 0 Å². The van der Waals surface area contributed by atoms with Gasteiger partial charge in [0.2, 0.25) is 0 Å². The Morgan fingerprint density at radius 2 is 2.00 bits per heavy atom. The van der Waals surface area contributed by atoms with E-state index in [1.54, 1.807) is 14.2 Å². The Hall–Kier alpha value is -2.04.